The third-order valence-corrected chi connectivity index (χ3v) is 3.72. The Labute approximate surface area is 150 Å². The summed E-state index contributed by atoms with van der Waals surface area (Å²) < 4.78 is 10.6. The second kappa shape index (κ2) is 8.02. The average Bonchev–Trinajstić information content (AvgIpc) is 3.21. The zero-order valence-electron chi connectivity index (χ0n) is 14.1. The Morgan fingerprint density at radius 3 is 2.50 bits per heavy atom. The van der Waals surface area contributed by atoms with Gasteiger partial charge in [-0.3, -0.25) is 4.79 Å². The maximum atomic E-state index is 12.8. The predicted octanol–water partition coefficient (Wildman–Crippen LogP) is 3.56. The Morgan fingerprint density at radius 1 is 1.00 bits per heavy atom. The van der Waals surface area contributed by atoms with Crippen molar-refractivity contribution in [3.05, 3.63) is 84.2 Å². The Bertz CT molecular complexity index is 876. The van der Waals surface area contributed by atoms with Crippen LogP contribution in [0, 0.1) is 0 Å². The highest BCUT2D eigenvalue weighted by atomic mass is 16.5. The average molecular weight is 350 g/mol. The van der Waals surface area contributed by atoms with Crippen molar-refractivity contribution in [3.8, 4) is 5.75 Å². The molecule has 3 aromatic rings. The number of ether oxygens (including phenoxy) is 2. The SMILES string of the molecule is COc1cccc(NC(=O)[C@@H](OC(=O)c2ccc[nH]2)c2ccccc2)c1. The monoisotopic (exact) mass is 350 g/mol. The lowest BCUT2D eigenvalue weighted by molar-refractivity contribution is -0.125. The Kier molecular flexibility index (Phi) is 5.34. The first-order valence-electron chi connectivity index (χ1n) is 8.01. The van der Waals surface area contributed by atoms with Crippen LogP contribution in [-0.4, -0.2) is 24.0 Å². The van der Waals surface area contributed by atoms with E-state index in [2.05, 4.69) is 10.3 Å². The molecule has 6 nitrogen and oxygen atoms in total. The van der Waals surface area contributed by atoms with Crippen LogP contribution in [0.3, 0.4) is 0 Å². The van der Waals surface area contributed by atoms with Crippen LogP contribution in [0.4, 0.5) is 5.69 Å². The quantitative estimate of drug-likeness (QED) is 0.666. The molecule has 132 valence electrons. The highest BCUT2D eigenvalue weighted by Crippen LogP contribution is 2.23. The number of aromatic amines is 1. The maximum absolute atomic E-state index is 12.8. The van der Waals surface area contributed by atoms with Crippen LogP contribution in [0.5, 0.6) is 5.75 Å². The number of anilines is 1. The van der Waals surface area contributed by atoms with Crippen molar-refractivity contribution >= 4 is 17.6 Å². The van der Waals surface area contributed by atoms with Gasteiger partial charge in [-0.1, -0.05) is 36.4 Å². The second-order valence-corrected chi connectivity index (χ2v) is 5.50. The van der Waals surface area contributed by atoms with Gasteiger partial charge in [0.05, 0.1) is 7.11 Å². The van der Waals surface area contributed by atoms with Crippen molar-refractivity contribution in [2.75, 3.05) is 12.4 Å². The topological polar surface area (TPSA) is 80.4 Å². The number of nitrogens with one attached hydrogen (secondary N) is 2. The van der Waals surface area contributed by atoms with E-state index in [-0.39, 0.29) is 5.69 Å². The molecule has 0 unspecified atom stereocenters. The molecule has 0 saturated heterocycles. The van der Waals surface area contributed by atoms with Crippen molar-refractivity contribution in [3.63, 3.8) is 0 Å². The van der Waals surface area contributed by atoms with E-state index in [1.165, 1.54) is 0 Å². The van der Waals surface area contributed by atoms with Gasteiger partial charge in [0.25, 0.3) is 5.91 Å². The lowest BCUT2D eigenvalue weighted by Gasteiger charge is -2.18. The number of hydrogen-bond donors (Lipinski definition) is 2. The molecule has 0 spiro atoms. The van der Waals surface area contributed by atoms with Crippen LogP contribution in [0.2, 0.25) is 0 Å². The van der Waals surface area contributed by atoms with Gasteiger partial charge in [-0.15, -0.1) is 0 Å². The minimum absolute atomic E-state index is 0.278. The van der Waals surface area contributed by atoms with E-state index in [4.69, 9.17) is 9.47 Å². The molecule has 1 atom stereocenters. The van der Waals surface area contributed by atoms with E-state index >= 15 is 0 Å². The molecule has 0 aliphatic carbocycles. The van der Waals surface area contributed by atoms with Gasteiger partial charge in [-0.05, 0) is 24.3 Å². The summed E-state index contributed by atoms with van der Waals surface area (Å²) in [4.78, 5) is 27.8. The molecule has 26 heavy (non-hydrogen) atoms. The van der Waals surface area contributed by atoms with Crippen molar-refractivity contribution < 1.29 is 19.1 Å². The third-order valence-electron chi connectivity index (χ3n) is 3.72. The summed E-state index contributed by atoms with van der Waals surface area (Å²) in [5.41, 5.74) is 1.40. The van der Waals surface area contributed by atoms with Gasteiger partial charge in [-0.25, -0.2) is 4.79 Å². The molecule has 0 aliphatic heterocycles. The molecule has 0 saturated carbocycles. The summed E-state index contributed by atoms with van der Waals surface area (Å²) >= 11 is 0. The summed E-state index contributed by atoms with van der Waals surface area (Å²) in [6, 6.07) is 19.1. The number of aromatic nitrogens is 1. The number of hydrogen-bond acceptors (Lipinski definition) is 4. The van der Waals surface area contributed by atoms with Gasteiger partial charge in [0, 0.05) is 23.5 Å². The van der Waals surface area contributed by atoms with Crippen molar-refractivity contribution in [1.82, 2.24) is 4.98 Å². The molecule has 2 aromatic carbocycles. The fourth-order valence-corrected chi connectivity index (χ4v) is 2.44. The third kappa shape index (κ3) is 4.10. The molecule has 1 aromatic heterocycles. The molecule has 1 heterocycles. The number of rotatable bonds is 6. The number of methoxy groups -OCH3 is 1. The number of carbonyl (C=O) groups excluding carboxylic acids is 2. The predicted molar refractivity (Wildman–Crippen MR) is 97.0 cm³/mol. The Hall–Kier alpha value is -3.54. The number of benzene rings is 2. The number of H-pyrrole nitrogens is 1. The normalized spacial score (nSPS) is 11.4. The van der Waals surface area contributed by atoms with Crippen LogP contribution in [0.15, 0.2) is 72.9 Å². The lowest BCUT2D eigenvalue weighted by atomic mass is 10.1. The smallest absolute Gasteiger partial charge is 0.355 e. The zero-order valence-corrected chi connectivity index (χ0v) is 14.1. The zero-order chi connectivity index (χ0) is 18.4. The highest BCUT2D eigenvalue weighted by molar-refractivity contribution is 5.97. The first-order valence-corrected chi connectivity index (χ1v) is 8.01. The molecule has 0 bridgehead atoms. The Balaban J connectivity index is 1.82. The van der Waals surface area contributed by atoms with E-state index in [0.29, 0.717) is 17.0 Å². The van der Waals surface area contributed by atoms with Crippen molar-refractivity contribution in [1.29, 1.82) is 0 Å². The van der Waals surface area contributed by atoms with Gasteiger partial charge in [-0.2, -0.15) is 0 Å². The molecule has 1 amide bonds. The molecular formula is C20H18N2O4. The van der Waals surface area contributed by atoms with Crippen LogP contribution in [0.25, 0.3) is 0 Å². The molecule has 3 rings (SSSR count). The standard InChI is InChI=1S/C20H18N2O4/c1-25-16-10-5-9-15(13-16)22-19(23)18(14-7-3-2-4-8-14)26-20(24)17-11-6-12-21-17/h2-13,18,21H,1H3,(H,22,23)/t18-/m0/s1. The molecular weight excluding hydrogens is 332 g/mol. The van der Waals surface area contributed by atoms with Crippen molar-refractivity contribution in [2.24, 2.45) is 0 Å². The summed E-state index contributed by atoms with van der Waals surface area (Å²) in [6.45, 7) is 0. The summed E-state index contributed by atoms with van der Waals surface area (Å²) in [6.07, 6.45) is 0.531. The molecule has 0 radical (unpaired) electrons. The van der Waals surface area contributed by atoms with Crippen LogP contribution in [0.1, 0.15) is 22.2 Å². The van der Waals surface area contributed by atoms with E-state index < -0.39 is 18.0 Å². The van der Waals surface area contributed by atoms with Crippen LogP contribution < -0.4 is 10.1 Å². The van der Waals surface area contributed by atoms with E-state index in [1.54, 1.807) is 74.0 Å². The first-order chi connectivity index (χ1) is 12.7. The molecule has 6 heteroatoms. The van der Waals surface area contributed by atoms with E-state index in [1.807, 2.05) is 6.07 Å². The largest absolute Gasteiger partial charge is 0.497 e. The first kappa shape index (κ1) is 17.3. The number of carbonyl (C=O) groups is 2. The molecule has 0 aliphatic rings. The maximum Gasteiger partial charge on any atom is 0.355 e. The van der Waals surface area contributed by atoms with E-state index in [0.717, 1.165) is 0 Å². The number of esters is 1. The lowest BCUT2D eigenvalue weighted by Crippen LogP contribution is -2.26. The van der Waals surface area contributed by atoms with E-state index in [9.17, 15) is 9.59 Å². The summed E-state index contributed by atoms with van der Waals surface area (Å²) in [5.74, 6) is -0.448. The fourth-order valence-electron chi connectivity index (χ4n) is 2.44. The fraction of sp³-hybridized carbons (Fsp3) is 0.100. The van der Waals surface area contributed by atoms with Gasteiger partial charge < -0.3 is 19.8 Å². The van der Waals surface area contributed by atoms with Gasteiger partial charge in [0.15, 0.2) is 0 Å². The van der Waals surface area contributed by atoms with Crippen LogP contribution in [-0.2, 0) is 9.53 Å². The van der Waals surface area contributed by atoms with Gasteiger partial charge in [0.2, 0.25) is 6.10 Å². The molecule has 2 N–H and O–H groups in total. The minimum Gasteiger partial charge on any atom is -0.497 e. The Morgan fingerprint density at radius 2 is 1.81 bits per heavy atom. The summed E-state index contributed by atoms with van der Waals surface area (Å²) in [5, 5.41) is 2.76. The minimum atomic E-state index is -1.08. The van der Waals surface area contributed by atoms with Gasteiger partial charge in [0.1, 0.15) is 11.4 Å². The van der Waals surface area contributed by atoms with Crippen molar-refractivity contribution in [2.45, 2.75) is 6.10 Å². The highest BCUT2D eigenvalue weighted by Gasteiger charge is 2.26. The number of amides is 1. The second-order valence-electron chi connectivity index (χ2n) is 5.50. The van der Waals surface area contributed by atoms with Crippen LogP contribution >= 0.6 is 0 Å². The molecule has 0 fully saturated rings. The summed E-state index contributed by atoms with van der Waals surface area (Å²) in [7, 11) is 1.55. The van der Waals surface area contributed by atoms with Gasteiger partial charge >= 0.3 is 5.97 Å².